The van der Waals surface area contributed by atoms with Gasteiger partial charge in [0.05, 0.1) is 44.3 Å². The predicted octanol–water partition coefficient (Wildman–Crippen LogP) is 5.32. The van der Waals surface area contributed by atoms with Crippen LogP contribution >= 0.6 is 12.2 Å². The van der Waals surface area contributed by atoms with Gasteiger partial charge in [0, 0.05) is 17.8 Å². The minimum atomic E-state index is -0.437. The number of carbonyl (C=O) groups is 1. The van der Waals surface area contributed by atoms with Crippen LogP contribution in [-0.4, -0.2) is 37.4 Å². The quantitative estimate of drug-likeness (QED) is 0.259. The van der Waals surface area contributed by atoms with Gasteiger partial charge in [-0.05, 0) is 54.7 Å². The molecule has 1 fully saturated rings. The van der Waals surface area contributed by atoms with E-state index in [-0.39, 0.29) is 6.04 Å². The van der Waals surface area contributed by atoms with Gasteiger partial charge in [0.15, 0.2) is 5.11 Å². The van der Waals surface area contributed by atoms with Crippen LogP contribution in [0.25, 0.3) is 11.3 Å². The highest BCUT2D eigenvalue weighted by Gasteiger charge is 2.43. The van der Waals surface area contributed by atoms with Gasteiger partial charge in [-0.1, -0.05) is 24.3 Å². The molecule has 2 aromatic carbocycles. The molecule has 0 unspecified atom stereocenters. The van der Waals surface area contributed by atoms with Crippen molar-refractivity contribution >= 4 is 29.0 Å². The van der Waals surface area contributed by atoms with E-state index < -0.39 is 12.0 Å². The Kier molecular flexibility index (Phi) is 6.78. The molecule has 3 heterocycles. The lowest BCUT2D eigenvalue weighted by atomic mass is 10.0. The summed E-state index contributed by atoms with van der Waals surface area (Å²) in [4.78, 5) is 18.9. The molecule has 4 aromatic rings. The van der Waals surface area contributed by atoms with Gasteiger partial charge in [-0.15, -0.1) is 0 Å². The Labute approximate surface area is 219 Å². The number of hydrogen-bond acceptors (Lipinski definition) is 7. The molecule has 9 heteroatoms. The number of carbonyl (C=O) groups excluding carboxylic acids is 1. The van der Waals surface area contributed by atoms with E-state index in [9.17, 15) is 4.79 Å². The Morgan fingerprint density at radius 1 is 1.00 bits per heavy atom. The molecule has 188 valence electrons. The van der Waals surface area contributed by atoms with E-state index >= 15 is 0 Å². The van der Waals surface area contributed by atoms with Gasteiger partial charge >= 0.3 is 5.97 Å². The molecule has 0 spiro atoms. The fraction of sp³-hybridized carbons (Fsp3) is 0.179. The molecular weight excluding hydrogens is 490 g/mol. The molecule has 0 amide bonds. The first kappa shape index (κ1) is 24.3. The zero-order valence-corrected chi connectivity index (χ0v) is 21.3. The van der Waals surface area contributed by atoms with Gasteiger partial charge < -0.3 is 28.8 Å². The van der Waals surface area contributed by atoms with E-state index in [2.05, 4.69) is 10.3 Å². The maximum absolute atomic E-state index is 12.4. The number of esters is 1. The Balaban J connectivity index is 1.63. The first-order valence-electron chi connectivity index (χ1n) is 11.6. The molecule has 0 aliphatic carbocycles. The van der Waals surface area contributed by atoms with Crippen LogP contribution in [0.1, 0.15) is 33.9 Å². The van der Waals surface area contributed by atoms with Crippen molar-refractivity contribution in [3.8, 4) is 22.8 Å². The second kappa shape index (κ2) is 10.3. The summed E-state index contributed by atoms with van der Waals surface area (Å²) in [6.45, 7) is 0. The van der Waals surface area contributed by atoms with Crippen molar-refractivity contribution in [2.24, 2.45) is 0 Å². The summed E-state index contributed by atoms with van der Waals surface area (Å²) in [5.41, 5.74) is 2.60. The zero-order chi connectivity index (χ0) is 25.9. The summed E-state index contributed by atoms with van der Waals surface area (Å²) in [6, 6.07) is 21.5. The number of thiocarbonyl (C=S) groups is 1. The van der Waals surface area contributed by atoms with Gasteiger partial charge in [-0.25, -0.2) is 4.79 Å². The Hall–Kier alpha value is -4.37. The van der Waals surface area contributed by atoms with Crippen molar-refractivity contribution in [2.75, 3.05) is 26.2 Å². The lowest BCUT2D eigenvalue weighted by Gasteiger charge is -2.27. The lowest BCUT2D eigenvalue weighted by Crippen LogP contribution is -2.29. The Morgan fingerprint density at radius 2 is 1.81 bits per heavy atom. The summed E-state index contributed by atoms with van der Waals surface area (Å²) in [5.74, 6) is 1.99. The Morgan fingerprint density at radius 3 is 2.54 bits per heavy atom. The molecule has 37 heavy (non-hydrogen) atoms. The molecule has 1 saturated heterocycles. The standard InChI is InChI=1S/C28H25N3O5S/c1-33-17-11-12-21(24(16-17)34-2)31-26(25(30-28(31)37)20-10-6-7-15-29-20)23-14-13-22(36-23)18-8-4-5-9-19(18)27(32)35-3/h4-16,25-26H,1-3H3,(H,30,37)/t25-,26+/m0/s1. The van der Waals surface area contributed by atoms with Crippen LogP contribution in [0.5, 0.6) is 11.5 Å². The van der Waals surface area contributed by atoms with Gasteiger partial charge in [0.25, 0.3) is 0 Å². The van der Waals surface area contributed by atoms with Crippen molar-refractivity contribution in [3.05, 3.63) is 96.0 Å². The van der Waals surface area contributed by atoms with Gasteiger partial charge in [0.2, 0.25) is 0 Å². The Bertz CT molecular complexity index is 1440. The number of furan rings is 1. The summed E-state index contributed by atoms with van der Waals surface area (Å²) in [5, 5.41) is 3.91. The maximum atomic E-state index is 12.4. The zero-order valence-electron chi connectivity index (χ0n) is 20.5. The number of benzene rings is 2. The van der Waals surface area contributed by atoms with Crippen molar-refractivity contribution in [3.63, 3.8) is 0 Å². The number of rotatable bonds is 7. The lowest BCUT2D eigenvalue weighted by molar-refractivity contribution is 0.0601. The molecule has 1 aliphatic heterocycles. The molecule has 0 saturated carbocycles. The van der Waals surface area contributed by atoms with Gasteiger partial charge in [-0.3, -0.25) is 4.98 Å². The topological polar surface area (TPSA) is 86.1 Å². The molecule has 2 aromatic heterocycles. The number of nitrogens with one attached hydrogen (secondary N) is 1. The average molecular weight is 516 g/mol. The summed E-state index contributed by atoms with van der Waals surface area (Å²) in [6.07, 6.45) is 1.74. The van der Waals surface area contributed by atoms with Crippen LogP contribution in [0, 0.1) is 0 Å². The van der Waals surface area contributed by atoms with Gasteiger partial charge in [-0.2, -0.15) is 0 Å². The molecule has 0 radical (unpaired) electrons. The number of anilines is 1. The summed E-state index contributed by atoms with van der Waals surface area (Å²) in [7, 11) is 4.56. The van der Waals surface area contributed by atoms with Crippen LogP contribution in [0.2, 0.25) is 0 Å². The monoisotopic (exact) mass is 515 g/mol. The minimum absolute atomic E-state index is 0.310. The van der Waals surface area contributed by atoms with Gasteiger partial charge in [0.1, 0.15) is 29.1 Å². The van der Waals surface area contributed by atoms with E-state index in [1.165, 1.54) is 7.11 Å². The predicted molar refractivity (Wildman–Crippen MR) is 143 cm³/mol. The third-order valence-electron chi connectivity index (χ3n) is 6.26. The number of nitrogens with zero attached hydrogens (tertiary/aromatic N) is 2. The second-order valence-electron chi connectivity index (χ2n) is 8.27. The van der Waals surface area contributed by atoms with Crippen molar-refractivity contribution < 1.29 is 23.4 Å². The molecule has 1 aliphatic rings. The van der Waals surface area contributed by atoms with Crippen LogP contribution in [0.3, 0.4) is 0 Å². The van der Waals surface area contributed by atoms with Crippen molar-refractivity contribution in [1.29, 1.82) is 0 Å². The fourth-order valence-corrected chi connectivity index (χ4v) is 4.87. The fourth-order valence-electron chi connectivity index (χ4n) is 4.53. The largest absolute Gasteiger partial charge is 0.497 e. The highest BCUT2D eigenvalue weighted by atomic mass is 32.1. The van der Waals surface area contributed by atoms with Crippen molar-refractivity contribution in [1.82, 2.24) is 10.3 Å². The first-order valence-corrected chi connectivity index (χ1v) is 12.0. The number of aromatic nitrogens is 1. The average Bonchev–Trinajstić information content (AvgIpc) is 3.57. The molecule has 0 bridgehead atoms. The number of ether oxygens (including phenoxy) is 3. The second-order valence-corrected chi connectivity index (χ2v) is 8.66. The van der Waals surface area contributed by atoms with E-state index in [4.69, 9.17) is 30.8 Å². The molecule has 1 N–H and O–H groups in total. The van der Waals surface area contributed by atoms with Crippen molar-refractivity contribution in [2.45, 2.75) is 12.1 Å². The first-order chi connectivity index (χ1) is 18.0. The number of pyridine rings is 1. The van der Waals surface area contributed by atoms with Crippen LogP contribution < -0.4 is 19.7 Å². The van der Waals surface area contributed by atoms with Crippen LogP contribution in [0.4, 0.5) is 5.69 Å². The van der Waals surface area contributed by atoms with E-state index in [0.29, 0.717) is 39.3 Å². The maximum Gasteiger partial charge on any atom is 0.338 e. The highest BCUT2D eigenvalue weighted by molar-refractivity contribution is 7.80. The summed E-state index contributed by atoms with van der Waals surface area (Å²) < 4.78 is 22.5. The van der Waals surface area contributed by atoms with E-state index in [1.807, 2.05) is 65.6 Å². The molecular formula is C28H25N3O5S. The van der Waals surface area contributed by atoms with E-state index in [1.54, 1.807) is 32.5 Å². The molecule has 8 nitrogen and oxygen atoms in total. The summed E-state index contributed by atoms with van der Waals surface area (Å²) >= 11 is 5.81. The van der Waals surface area contributed by atoms with Crippen LogP contribution in [0.15, 0.2) is 83.4 Å². The number of methoxy groups -OCH3 is 3. The molecule has 5 rings (SSSR count). The van der Waals surface area contributed by atoms with Crippen LogP contribution in [-0.2, 0) is 4.74 Å². The minimum Gasteiger partial charge on any atom is -0.497 e. The number of hydrogen-bond donors (Lipinski definition) is 1. The van der Waals surface area contributed by atoms with E-state index in [0.717, 1.165) is 11.4 Å². The molecule has 2 atom stereocenters. The smallest absolute Gasteiger partial charge is 0.338 e. The third-order valence-corrected chi connectivity index (χ3v) is 6.58. The normalized spacial score (nSPS) is 16.8. The highest BCUT2D eigenvalue weighted by Crippen LogP contribution is 2.46. The third kappa shape index (κ3) is 4.49. The SMILES string of the molecule is COC(=O)c1ccccc1-c1ccc([C@@H]2[C@H](c3ccccn3)NC(=S)N2c2ccc(OC)cc2OC)o1.